The van der Waals surface area contributed by atoms with Gasteiger partial charge in [0.15, 0.2) is 0 Å². The zero-order valence-corrected chi connectivity index (χ0v) is 78.8. The fourth-order valence-electron chi connectivity index (χ4n) is 12.5. The number of amides is 3. The van der Waals surface area contributed by atoms with Gasteiger partial charge in [0.1, 0.15) is 34.9 Å². The quantitative estimate of drug-likeness (QED) is 0.0122. The van der Waals surface area contributed by atoms with Gasteiger partial charge in [-0.05, 0) is 233 Å². The summed E-state index contributed by atoms with van der Waals surface area (Å²) in [5.74, 6) is -6.17. The van der Waals surface area contributed by atoms with Crippen LogP contribution in [0, 0.1) is 71.2 Å². The number of nitrogen functional groups attached to an aromatic ring is 2. The lowest BCUT2D eigenvalue weighted by Crippen LogP contribution is -2.45. The summed E-state index contributed by atoms with van der Waals surface area (Å²) >= 11 is 5.79. The molecule has 0 unspecified atom stereocenters. The monoisotopic (exact) mass is 1930 g/mol. The van der Waals surface area contributed by atoms with Crippen LogP contribution < -0.4 is 32.7 Å². The van der Waals surface area contributed by atoms with E-state index >= 15 is 0 Å². The Bertz CT molecular complexity index is 6270. The molecule has 8 aromatic heterocycles. The Morgan fingerprint density at radius 3 is 1.14 bits per heavy atom. The summed E-state index contributed by atoms with van der Waals surface area (Å²) in [4.78, 5) is 113. The van der Waals surface area contributed by atoms with Gasteiger partial charge < -0.3 is 52.4 Å². The maximum atomic E-state index is 15.0. The number of nitro benzene ring substituents is 2. The van der Waals surface area contributed by atoms with Crippen LogP contribution in [0.15, 0.2) is 147 Å². The van der Waals surface area contributed by atoms with E-state index in [9.17, 15) is 70.1 Å². The Kier molecular flexibility index (Phi) is 36.7. The normalized spacial score (nSPS) is 13.3. The third kappa shape index (κ3) is 31.3. The molecule has 2 atom stereocenters. The predicted octanol–water partition coefficient (Wildman–Crippen LogP) is 19.7. The number of anilines is 9. The highest BCUT2D eigenvalue weighted by Gasteiger charge is 2.40. The molecule has 10 heterocycles. The van der Waals surface area contributed by atoms with E-state index in [0.717, 1.165) is 92.3 Å². The van der Waals surface area contributed by atoms with E-state index in [1.165, 1.54) is 46.2 Å². The predicted molar refractivity (Wildman–Crippen MR) is 500 cm³/mol. The number of carbonyl (C=O) groups is 5. The van der Waals surface area contributed by atoms with Crippen molar-refractivity contribution in [1.29, 1.82) is 0 Å². The minimum absolute atomic E-state index is 0. The van der Waals surface area contributed by atoms with Crippen LogP contribution in [-0.2, 0) is 23.9 Å². The van der Waals surface area contributed by atoms with Gasteiger partial charge in [0.25, 0.3) is 0 Å². The minimum atomic E-state index is -5.08. The molecule has 10 N–H and O–H groups in total. The maximum absolute atomic E-state index is 15.0. The molecule has 4 aromatic carbocycles. The van der Waals surface area contributed by atoms with Gasteiger partial charge in [0.2, 0.25) is 40.7 Å². The number of carboxylic acids is 2. The van der Waals surface area contributed by atoms with Crippen molar-refractivity contribution in [3.05, 3.63) is 218 Å². The molecule has 2 aliphatic heterocycles. The second-order valence-corrected chi connectivity index (χ2v) is 34.4. The lowest BCUT2D eigenvalue weighted by Gasteiger charge is -2.28. The van der Waals surface area contributed by atoms with E-state index in [4.69, 9.17) is 47.5 Å². The molecule has 3 amide bonds. The van der Waals surface area contributed by atoms with Crippen molar-refractivity contribution in [2.75, 3.05) is 45.8 Å². The van der Waals surface area contributed by atoms with Crippen molar-refractivity contribution in [2.45, 2.75) is 204 Å². The molecule has 137 heavy (non-hydrogen) atoms. The summed E-state index contributed by atoms with van der Waals surface area (Å²) in [6.45, 7) is 35.6. The van der Waals surface area contributed by atoms with Crippen LogP contribution in [0.4, 0.5) is 104 Å². The number of aryl methyl sites for hydroxylation is 4. The molecular formula is C90H108ClF7N26O13. The molecule has 47 heteroatoms. The van der Waals surface area contributed by atoms with Crippen LogP contribution in [0.1, 0.15) is 170 Å². The molecule has 0 saturated carbocycles. The van der Waals surface area contributed by atoms with Gasteiger partial charge in [-0.3, -0.25) is 53.6 Å². The van der Waals surface area contributed by atoms with Gasteiger partial charge in [-0.25, -0.2) is 67.8 Å². The molecule has 0 spiro atoms. The third-order valence-electron chi connectivity index (χ3n) is 19.4. The number of nitro groups is 2. The van der Waals surface area contributed by atoms with Crippen molar-refractivity contribution in [1.82, 2.24) is 88.8 Å². The van der Waals surface area contributed by atoms with E-state index < -0.39 is 104 Å². The second kappa shape index (κ2) is 47.0. The van der Waals surface area contributed by atoms with Crippen LogP contribution >= 0.6 is 11.6 Å². The Hall–Kier alpha value is -15.4. The Morgan fingerprint density at radius 2 is 0.810 bits per heavy atom. The lowest BCUT2D eigenvalue weighted by molar-refractivity contribution is -0.387. The third-order valence-corrected chi connectivity index (χ3v) is 19.6. The first-order valence-electron chi connectivity index (χ1n) is 42.4. The summed E-state index contributed by atoms with van der Waals surface area (Å²) in [6.07, 6.45) is 17.8. The second-order valence-electron chi connectivity index (χ2n) is 34.0. The fraction of sp³-hybridized carbons (Fsp3) is 0.367. The van der Waals surface area contributed by atoms with E-state index in [1.807, 2.05) is 98.9 Å². The maximum Gasteiger partial charge on any atom is 0.490 e. The number of hydrogen-bond acceptors (Lipinski definition) is 28. The number of nitrogens with one attached hydrogen (secondary N) is 4. The van der Waals surface area contributed by atoms with Crippen LogP contribution in [0.5, 0.6) is 0 Å². The molecule has 732 valence electrons. The summed E-state index contributed by atoms with van der Waals surface area (Å²) in [5, 5.41) is 65.8. The number of aliphatic carboxylic acids is 2. The Labute approximate surface area is 788 Å². The van der Waals surface area contributed by atoms with Crippen molar-refractivity contribution in [3.8, 4) is 45.0 Å². The largest absolute Gasteiger partial charge is 0.490 e. The molecule has 14 rings (SSSR count). The number of aromatic nitrogens is 16. The SMILES string of the molecule is CC(C)(C)OC(=O)N1CCC[C@@H]1C(=O)O.Cc1cnc(Cl)nc1-c1cnn(C(C)C)c1.Cc1cnc(Nc2ccc(N)c(F)c2)nc1-c1cnn(C(C)C)c1.Cc1cnc(Nc2ccc(NC(=O)[C@H]3CCCN3C(=O)OC(C)(C)C)c(F)c2)nc1-c1cnn(C(C)C)c1.Cc1cnc(Nc2ccc([N+](=O)[O-])c(F)c2)nc1-c1cnn(C(C)C)c1.Nc1ccc([N+](=O)[O-])c(F)c1.O=C(O)C(F)(F)F.[HH]. The van der Waals surface area contributed by atoms with Crippen LogP contribution in [0.3, 0.4) is 0 Å². The van der Waals surface area contributed by atoms with Gasteiger partial charge in [-0.1, -0.05) is 0 Å². The van der Waals surface area contributed by atoms with Gasteiger partial charge in [0.05, 0.1) is 68.8 Å². The summed E-state index contributed by atoms with van der Waals surface area (Å²) in [7, 11) is 0. The first kappa shape index (κ1) is 107. The van der Waals surface area contributed by atoms with Crippen molar-refractivity contribution < 1.29 is 85.7 Å². The molecular weight excluding hydrogens is 1820 g/mol. The highest BCUT2D eigenvalue weighted by molar-refractivity contribution is 6.28. The standard InChI is InChI=1S/C27H34FN7O3.C17H17FN6O2.C17H19FN6.C11H13ClN4.C10H17NO4.C6H5FN2O2.C2HF3O2.H2/c1-16(2)35-15-18(14-30-35)23-17(3)13-29-25(33-23)31-19-9-10-21(20(28)12-19)32-24(36)22-8-7-11-34(22)26(37)38-27(4,5)6;1-10(2)23-9-12(8-20-23)16-11(3)7-19-17(22-16)21-13-4-5-15(24(25)26)14(18)6-13;1-10(2)24-9-12(8-21-24)16-11(3)7-20-17(23-16)22-13-4-5-15(19)14(18)6-13;1-7(2)16-6-9(5-14-16)10-8(3)4-13-11(12)15-10;1-10(2,3)15-9(14)11-6-4-5-7(11)8(12)13;7-5-3-4(8)1-2-6(5)9(10)11;3-2(4,5)1(6)7;/h9-10,12-16,22H,7-8,11H2,1-6H3,(H,32,36)(H,29,31,33);4-10H,1-3H3,(H,19,21,22);4-10H,19H2,1-3H3,(H,20,22,23);4-7H,1-3H3;7H,4-6H2,1-3H3,(H,12,13);1-3H,8H2;(H,6,7);1H/t22-;;;;7-;;;/m1...1.../s1. The van der Waals surface area contributed by atoms with E-state index in [1.54, 1.807) is 103 Å². The number of halogens is 8. The number of hydrogen-bond donors (Lipinski definition) is 8. The number of benzene rings is 4. The Morgan fingerprint density at radius 1 is 0.482 bits per heavy atom. The number of nitrogens with zero attached hydrogens (tertiary/aromatic N) is 20. The van der Waals surface area contributed by atoms with Gasteiger partial charge in [-0.2, -0.15) is 42.3 Å². The number of alkyl halides is 3. The van der Waals surface area contributed by atoms with E-state index in [-0.39, 0.29) is 47.8 Å². The molecule has 12 aromatic rings. The van der Waals surface area contributed by atoms with E-state index in [2.05, 4.69) is 109 Å². The number of ether oxygens (including phenoxy) is 2. The Balaban J connectivity index is 0.000000231. The number of carbonyl (C=O) groups excluding carboxylic acids is 3. The molecule has 0 bridgehead atoms. The van der Waals surface area contributed by atoms with Crippen molar-refractivity contribution in [3.63, 3.8) is 0 Å². The highest BCUT2D eigenvalue weighted by Crippen LogP contribution is 2.33. The summed E-state index contributed by atoms with van der Waals surface area (Å²) < 4.78 is 105. The topological polar surface area (TPSA) is 512 Å². The van der Waals surface area contributed by atoms with Gasteiger partial charge >= 0.3 is 41.7 Å². The molecule has 2 aliphatic rings. The highest BCUT2D eigenvalue weighted by atomic mass is 35.5. The summed E-state index contributed by atoms with van der Waals surface area (Å²) in [6, 6.07) is 15.2. The zero-order valence-electron chi connectivity index (χ0n) is 78.1. The number of likely N-dealkylation sites (tertiary alicyclic amines) is 2. The molecule has 39 nitrogen and oxygen atoms in total. The van der Waals surface area contributed by atoms with Crippen LogP contribution in [0.2, 0.25) is 5.28 Å². The molecule has 2 saturated heterocycles. The number of rotatable bonds is 19. The summed E-state index contributed by atoms with van der Waals surface area (Å²) in [5.41, 5.74) is 20.2. The number of nitrogens with two attached hydrogens (primary N) is 2. The fourth-order valence-corrected chi connectivity index (χ4v) is 12.6. The molecule has 0 aliphatic carbocycles. The van der Waals surface area contributed by atoms with E-state index in [0.29, 0.717) is 73.0 Å². The smallest absolute Gasteiger partial charge is 0.480 e. The number of carboxylic acid groups (broad SMARTS) is 2. The van der Waals surface area contributed by atoms with Crippen LogP contribution in [0.25, 0.3) is 45.0 Å². The van der Waals surface area contributed by atoms with Crippen LogP contribution in [-0.4, -0.2) is 181 Å². The van der Waals surface area contributed by atoms with Crippen molar-refractivity contribution >= 4 is 105 Å². The van der Waals surface area contributed by atoms with Crippen molar-refractivity contribution in [2.24, 2.45) is 0 Å². The molecule has 2 fully saturated rings. The molecule has 0 radical (unpaired) electrons. The lowest BCUT2D eigenvalue weighted by atomic mass is 10.1. The first-order chi connectivity index (χ1) is 64.1. The zero-order chi connectivity index (χ0) is 102. The van der Waals surface area contributed by atoms with Gasteiger partial charge in [0, 0.05) is 158 Å². The van der Waals surface area contributed by atoms with Gasteiger partial charge in [-0.15, -0.1) is 0 Å². The average molecular weight is 1930 g/mol. The first-order valence-corrected chi connectivity index (χ1v) is 42.8. The minimum Gasteiger partial charge on any atom is -0.480 e. The average Bonchev–Trinajstić information content (AvgIpc) is 1.55.